The SMILES string of the molecule is CC(C)C(CNC1CCC1)N1CCOCC1. The zero-order chi connectivity index (χ0) is 11.4. The molecule has 1 N–H and O–H groups in total. The number of nitrogens with zero attached hydrogens (tertiary/aromatic N) is 1. The third kappa shape index (κ3) is 3.19. The van der Waals surface area contributed by atoms with E-state index >= 15 is 0 Å². The Morgan fingerprint density at radius 3 is 2.44 bits per heavy atom. The summed E-state index contributed by atoms with van der Waals surface area (Å²) in [6, 6.07) is 1.49. The first-order valence-electron chi connectivity index (χ1n) is 6.82. The van der Waals surface area contributed by atoms with Crippen LogP contribution in [0.15, 0.2) is 0 Å². The number of morpholine rings is 1. The molecule has 1 unspecified atom stereocenters. The largest absolute Gasteiger partial charge is 0.379 e. The highest BCUT2D eigenvalue weighted by atomic mass is 16.5. The summed E-state index contributed by atoms with van der Waals surface area (Å²) < 4.78 is 5.43. The monoisotopic (exact) mass is 226 g/mol. The van der Waals surface area contributed by atoms with Gasteiger partial charge in [0.15, 0.2) is 0 Å². The minimum atomic E-state index is 0.685. The second kappa shape index (κ2) is 5.99. The Kier molecular flexibility index (Phi) is 4.62. The molecule has 0 bridgehead atoms. The van der Waals surface area contributed by atoms with Crippen LogP contribution in [0.25, 0.3) is 0 Å². The molecule has 2 aliphatic rings. The summed E-state index contributed by atoms with van der Waals surface area (Å²) in [5.41, 5.74) is 0. The van der Waals surface area contributed by atoms with Crippen LogP contribution in [0.3, 0.4) is 0 Å². The number of hydrogen-bond acceptors (Lipinski definition) is 3. The van der Waals surface area contributed by atoms with Crippen LogP contribution < -0.4 is 5.32 Å². The standard InChI is InChI=1S/C13H26N2O/c1-11(2)13(10-14-12-4-3-5-12)15-6-8-16-9-7-15/h11-14H,3-10H2,1-2H3. The smallest absolute Gasteiger partial charge is 0.0594 e. The topological polar surface area (TPSA) is 24.5 Å². The summed E-state index contributed by atoms with van der Waals surface area (Å²) in [6.07, 6.45) is 4.18. The van der Waals surface area contributed by atoms with E-state index in [4.69, 9.17) is 4.74 Å². The number of ether oxygens (including phenoxy) is 1. The van der Waals surface area contributed by atoms with E-state index in [-0.39, 0.29) is 0 Å². The van der Waals surface area contributed by atoms with Gasteiger partial charge >= 0.3 is 0 Å². The molecule has 3 heteroatoms. The van der Waals surface area contributed by atoms with Crippen LogP contribution in [0.1, 0.15) is 33.1 Å². The molecule has 0 aromatic rings. The Bertz CT molecular complexity index is 198. The molecule has 3 nitrogen and oxygen atoms in total. The van der Waals surface area contributed by atoms with Crippen LogP contribution in [0.5, 0.6) is 0 Å². The van der Waals surface area contributed by atoms with E-state index in [0.717, 1.165) is 44.8 Å². The van der Waals surface area contributed by atoms with Gasteiger partial charge in [-0.15, -0.1) is 0 Å². The maximum atomic E-state index is 5.43. The summed E-state index contributed by atoms with van der Waals surface area (Å²) in [5, 5.41) is 3.72. The third-order valence-electron chi connectivity index (χ3n) is 4.01. The van der Waals surface area contributed by atoms with Gasteiger partial charge in [-0.1, -0.05) is 20.3 Å². The Labute approximate surface area is 99.5 Å². The van der Waals surface area contributed by atoms with Gasteiger partial charge in [0, 0.05) is 31.7 Å². The van der Waals surface area contributed by atoms with Gasteiger partial charge in [-0.25, -0.2) is 0 Å². The molecule has 0 amide bonds. The third-order valence-corrected chi connectivity index (χ3v) is 4.01. The predicted octanol–water partition coefficient (Wildman–Crippen LogP) is 1.49. The van der Waals surface area contributed by atoms with Crippen molar-refractivity contribution in [3.8, 4) is 0 Å². The van der Waals surface area contributed by atoms with Crippen LogP contribution in [-0.4, -0.2) is 49.8 Å². The van der Waals surface area contributed by atoms with Gasteiger partial charge in [0.25, 0.3) is 0 Å². The van der Waals surface area contributed by atoms with Gasteiger partial charge in [0.2, 0.25) is 0 Å². The first-order chi connectivity index (χ1) is 7.77. The van der Waals surface area contributed by atoms with Gasteiger partial charge in [-0.3, -0.25) is 4.90 Å². The second-order valence-corrected chi connectivity index (χ2v) is 5.50. The van der Waals surface area contributed by atoms with Crippen LogP contribution in [0.4, 0.5) is 0 Å². The van der Waals surface area contributed by atoms with Crippen LogP contribution >= 0.6 is 0 Å². The van der Waals surface area contributed by atoms with Gasteiger partial charge < -0.3 is 10.1 Å². The number of nitrogens with one attached hydrogen (secondary N) is 1. The van der Waals surface area contributed by atoms with Crippen molar-refractivity contribution in [3.05, 3.63) is 0 Å². The molecule has 16 heavy (non-hydrogen) atoms. The summed E-state index contributed by atoms with van der Waals surface area (Å²) in [7, 11) is 0. The fraction of sp³-hybridized carbons (Fsp3) is 1.00. The molecule has 1 heterocycles. The highest BCUT2D eigenvalue weighted by Crippen LogP contribution is 2.19. The molecule has 0 aromatic heterocycles. The van der Waals surface area contributed by atoms with E-state index in [9.17, 15) is 0 Å². The summed E-state index contributed by atoms with van der Waals surface area (Å²) in [6.45, 7) is 9.86. The van der Waals surface area contributed by atoms with Crippen molar-refractivity contribution in [2.24, 2.45) is 5.92 Å². The molecule has 0 aromatic carbocycles. The van der Waals surface area contributed by atoms with Gasteiger partial charge in [-0.05, 0) is 18.8 Å². The Morgan fingerprint density at radius 1 is 1.25 bits per heavy atom. The molecule has 1 saturated carbocycles. The quantitative estimate of drug-likeness (QED) is 0.768. The predicted molar refractivity (Wildman–Crippen MR) is 66.7 cm³/mol. The zero-order valence-corrected chi connectivity index (χ0v) is 10.7. The molecule has 1 saturated heterocycles. The normalized spacial score (nSPS) is 25.7. The molecule has 0 spiro atoms. The van der Waals surface area contributed by atoms with E-state index in [1.165, 1.54) is 19.3 Å². The van der Waals surface area contributed by atoms with Crippen molar-refractivity contribution in [2.75, 3.05) is 32.8 Å². The fourth-order valence-electron chi connectivity index (χ4n) is 2.60. The minimum absolute atomic E-state index is 0.685. The minimum Gasteiger partial charge on any atom is -0.379 e. The van der Waals surface area contributed by atoms with E-state index in [1.54, 1.807) is 0 Å². The van der Waals surface area contributed by atoms with Crippen LogP contribution in [0, 0.1) is 5.92 Å². The van der Waals surface area contributed by atoms with E-state index in [2.05, 4.69) is 24.1 Å². The molecule has 2 rings (SSSR count). The molecule has 94 valence electrons. The van der Waals surface area contributed by atoms with Gasteiger partial charge in [0.05, 0.1) is 13.2 Å². The molecule has 0 radical (unpaired) electrons. The molecular formula is C13H26N2O. The summed E-state index contributed by atoms with van der Waals surface area (Å²) >= 11 is 0. The number of hydrogen-bond donors (Lipinski definition) is 1. The molecule has 2 fully saturated rings. The summed E-state index contributed by atoms with van der Waals surface area (Å²) in [4.78, 5) is 2.60. The van der Waals surface area contributed by atoms with Gasteiger partial charge in [0.1, 0.15) is 0 Å². The fourth-order valence-corrected chi connectivity index (χ4v) is 2.60. The Balaban J connectivity index is 1.77. The lowest BCUT2D eigenvalue weighted by Gasteiger charge is -2.38. The average molecular weight is 226 g/mol. The highest BCUT2D eigenvalue weighted by Gasteiger charge is 2.25. The van der Waals surface area contributed by atoms with Crippen molar-refractivity contribution in [1.29, 1.82) is 0 Å². The van der Waals surface area contributed by atoms with E-state index < -0.39 is 0 Å². The van der Waals surface area contributed by atoms with Crippen molar-refractivity contribution < 1.29 is 4.74 Å². The zero-order valence-electron chi connectivity index (χ0n) is 10.7. The Morgan fingerprint density at radius 2 is 1.94 bits per heavy atom. The van der Waals surface area contributed by atoms with Crippen LogP contribution in [0.2, 0.25) is 0 Å². The highest BCUT2D eigenvalue weighted by molar-refractivity contribution is 4.83. The maximum absolute atomic E-state index is 5.43. The van der Waals surface area contributed by atoms with Crippen molar-refractivity contribution in [1.82, 2.24) is 10.2 Å². The maximum Gasteiger partial charge on any atom is 0.0594 e. The van der Waals surface area contributed by atoms with E-state index in [1.807, 2.05) is 0 Å². The van der Waals surface area contributed by atoms with Crippen molar-refractivity contribution >= 4 is 0 Å². The lowest BCUT2D eigenvalue weighted by molar-refractivity contribution is 0.00533. The lowest BCUT2D eigenvalue weighted by atomic mass is 9.92. The van der Waals surface area contributed by atoms with Crippen molar-refractivity contribution in [3.63, 3.8) is 0 Å². The molecule has 1 aliphatic carbocycles. The van der Waals surface area contributed by atoms with E-state index in [0.29, 0.717) is 6.04 Å². The summed E-state index contributed by atoms with van der Waals surface area (Å²) in [5.74, 6) is 0.727. The second-order valence-electron chi connectivity index (χ2n) is 5.50. The first kappa shape index (κ1) is 12.3. The Hall–Kier alpha value is -0.120. The molecule has 1 aliphatic heterocycles. The van der Waals surface area contributed by atoms with Crippen LogP contribution in [-0.2, 0) is 4.74 Å². The average Bonchev–Trinajstić information content (AvgIpc) is 2.22. The molecular weight excluding hydrogens is 200 g/mol. The first-order valence-corrected chi connectivity index (χ1v) is 6.82. The number of rotatable bonds is 5. The lowest BCUT2D eigenvalue weighted by Crippen LogP contribution is -2.52. The molecule has 1 atom stereocenters. The van der Waals surface area contributed by atoms with Crippen molar-refractivity contribution in [2.45, 2.75) is 45.2 Å². The van der Waals surface area contributed by atoms with Gasteiger partial charge in [-0.2, -0.15) is 0 Å².